The summed E-state index contributed by atoms with van der Waals surface area (Å²) in [6.45, 7) is 0. The van der Waals surface area contributed by atoms with E-state index in [9.17, 15) is 4.39 Å². The van der Waals surface area contributed by atoms with Crippen molar-refractivity contribution in [2.45, 2.75) is 18.9 Å². The van der Waals surface area contributed by atoms with Gasteiger partial charge < -0.3 is 5.32 Å². The Hall–Kier alpha value is -0.800. The summed E-state index contributed by atoms with van der Waals surface area (Å²) in [6.07, 6.45) is 1.23. The Bertz CT molecular complexity index is 611. The van der Waals surface area contributed by atoms with Crippen LogP contribution < -0.4 is 5.32 Å². The van der Waals surface area contributed by atoms with Crippen LogP contribution >= 0.6 is 34.8 Å². The summed E-state index contributed by atoms with van der Waals surface area (Å²) >= 11 is 18.5. The summed E-state index contributed by atoms with van der Waals surface area (Å²) in [5.41, 5.74) is 1.65. The number of nitrogens with one attached hydrogen (secondary N) is 1. The molecular weight excluding hydrogens is 332 g/mol. The highest BCUT2D eigenvalue weighted by Crippen LogP contribution is 2.27. The highest BCUT2D eigenvalue weighted by atomic mass is 35.5. The van der Waals surface area contributed by atoms with E-state index in [1.165, 1.54) is 12.1 Å². The standard InChI is InChI=1S/C16H15Cl3FN/c1-21-12(8-10-7-11(20)5-6-14(10)17)9-13-15(18)3-2-4-16(13)19/h2-7,12,21H,8-9H2,1H3. The SMILES string of the molecule is CNC(Cc1cc(F)ccc1Cl)Cc1c(Cl)cccc1Cl. The maximum atomic E-state index is 13.3. The summed E-state index contributed by atoms with van der Waals surface area (Å²) in [5.74, 6) is -0.292. The van der Waals surface area contributed by atoms with Crippen LogP contribution in [0, 0.1) is 5.82 Å². The molecule has 112 valence electrons. The van der Waals surface area contributed by atoms with E-state index in [0.29, 0.717) is 27.9 Å². The number of likely N-dealkylation sites (N-methyl/N-ethyl adjacent to an activating group) is 1. The molecule has 2 rings (SSSR count). The van der Waals surface area contributed by atoms with Gasteiger partial charge in [0.05, 0.1) is 0 Å². The van der Waals surface area contributed by atoms with Crippen molar-refractivity contribution in [1.29, 1.82) is 0 Å². The highest BCUT2D eigenvalue weighted by molar-refractivity contribution is 6.36. The minimum Gasteiger partial charge on any atom is -0.316 e. The largest absolute Gasteiger partial charge is 0.316 e. The van der Waals surface area contributed by atoms with Gasteiger partial charge in [0.25, 0.3) is 0 Å². The summed E-state index contributed by atoms with van der Waals surface area (Å²) in [4.78, 5) is 0. The molecule has 1 nitrogen and oxygen atoms in total. The van der Waals surface area contributed by atoms with Crippen molar-refractivity contribution in [2.75, 3.05) is 7.05 Å². The lowest BCUT2D eigenvalue weighted by molar-refractivity contribution is 0.553. The Morgan fingerprint density at radius 2 is 1.67 bits per heavy atom. The second-order valence-corrected chi connectivity index (χ2v) is 6.05. The lowest BCUT2D eigenvalue weighted by Gasteiger charge is -2.18. The second-order valence-electron chi connectivity index (χ2n) is 4.83. The molecule has 21 heavy (non-hydrogen) atoms. The average Bonchev–Trinajstić information content (AvgIpc) is 2.45. The van der Waals surface area contributed by atoms with Crippen LogP contribution in [0.2, 0.25) is 15.1 Å². The van der Waals surface area contributed by atoms with Crippen LogP contribution in [0.1, 0.15) is 11.1 Å². The number of benzene rings is 2. The van der Waals surface area contributed by atoms with Crippen LogP contribution in [0.5, 0.6) is 0 Å². The van der Waals surface area contributed by atoms with Gasteiger partial charge in [-0.25, -0.2) is 4.39 Å². The van der Waals surface area contributed by atoms with Gasteiger partial charge in [-0.15, -0.1) is 0 Å². The van der Waals surface area contributed by atoms with Gasteiger partial charge in [-0.1, -0.05) is 40.9 Å². The van der Waals surface area contributed by atoms with Crippen LogP contribution in [0.3, 0.4) is 0 Å². The van der Waals surface area contributed by atoms with E-state index in [0.717, 1.165) is 11.1 Å². The maximum absolute atomic E-state index is 13.3. The lowest BCUT2D eigenvalue weighted by atomic mass is 9.99. The zero-order valence-corrected chi connectivity index (χ0v) is 13.7. The first kappa shape index (κ1) is 16.6. The molecule has 2 aromatic carbocycles. The predicted octanol–water partition coefficient (Wildman–Crippen LogP) is 5.16. The van der Waals surface area contributed by atoms with Crippen LogP contribution in [-0.2, 0) is 12.8 Å². The molecular formula is C16H15Cl3FN. The minimum absolute atomic E-state index is 0.0571. The van der Waals surface area contributed by atoms with Crippen molar-refractivity contribution >= 4 is 34.8 Å². The molecule has 0 aliphatic rings. The molecule has 1 unspecified atom stereocenters. The van der Waals surface area contributed by atoms with E-state index in [2.05, 4.69) is 5.32 Å². The molecule has 1 atom stereocenters. The molecule has 0 fully saturated rings. The number of hydrogen-bond acceptors (Lipinski definition) is 1. The first-order chi connectivity index (χ1) is 10.0. The lowest BCUT2D eigenvalue weighted by Crippen LogP contribution is -2.30. The van der Waals surface area contributed by atoms with Crippen LogP contribution in [-0.4, -0.2) is 13.1 Å². The minimum atomic E-state index is -0.292. The molecule has 0 saturated carbocycles. The van der Waals surface area contributed by atoms with Gasteiger partial charge in [-0.2, -0.15) is 0 Å². The fraction of sp³-hybridized carbons (Fsp3) is 0.250. The zero-order valence-electron chi connectivity index (χ0n) is 11.5. The highest BCUT2D eigenvalue weighted by Gasteiger charge is 2.15. The average molecular weight is 347 g/mol. The quantitative estimate of drug-likeness (QED) is 0.788. The van der Waals surface area contributed by atoms with E-state index >= 15 is 0 Å². The van der Waals surface area contributed by atoms with Crippen LogP contribution in [0.15, 0.2) is 36.4 Å². The summed E-state index contributed by atoms with van der Waals surface area (Å²) in [7, 11) is 1.85. The van der Waals surface area contributed by atoms with Crippen molar-refractivity contribution < 1.29 is 4.39 Å². The Morgan fingerprint density at radius 1 is 1.00 bits per heavy atom. The molecule has 0 aromatic heterocycles. The molecule has 0 radical (unpaired) electrons. The van der Waals surface area contributed by atoms with Gasteiger partial charge in [0.15, 0.2) is 0 Å². The third-order valence-corrected chi connectivity index (χ3v) is 4.47. The first-order valence-electron chi connectivity index (χ1n) is 6.55. The van der Waals surface area contributed by atoms with Crippen LogP contribution in [0.25, 0.3) is 0 Å². The predicted molar refractivity (Wildman–Crippen MR) is 88.1 cm³/mol. The van der Waals surface area contributed by atoms with Crippen molar-refractivity contribution in [1.82, 2.24) is 5.32 Å². The molecule has 0 heterocycles. The molecule has 0 amide bonds. The molecule has 2 aromatic rings. The van der Waals surface area contributed by atoms with Gasteiger partial charge in [-0.3, -0.25) is 0 Å². The second kappa shape index (κ2) is 7.46. The van der Waals surface area contributed by atoms with E-state index in [1.54, 1.807) is 6.07 Å². The van der Waals surface area contributed by atoms with Gasteiger partial charge in [-0.05, 0) is 61.3 Å². The number of hydrogen-bond donors (Lipinski definition) is 1. The Balaban J connectivity index is 2.19. The summed E-state index contributed by atoms with van der Waals surface area (Å²) in [5, 5.41) is 5.02. The molecule has 0 aliphatic carbocycles. The number of halogens is 4. The monoisotopic (exact) mass is 345 g/mol. The summed E-state index contributed by atoms with van der Waals surface area (Å²) < 4.78 is 13.3. The Kier molecular flexibility index (Phi) is 5.88. The van der Waals surface area contributed by atoms with Gasteiger partial charge in [0.2, 0.25) is 0 Å². The molecule has 0 spiro atoms. The normalized spacial score (nSPS) is 12.4. The van der Waals surface area contributed by atoms with Gasteiger partial charge >= 0.3 is 0 Å². The maximum Gasteiger partial charge on any atom is 0.123 e. The topological polar surface area (TPSA) is 12.0 Å². The Labute approximate surface area is 139 Å². The third-order valence-electron chi connectivity index (χ3n) is 3.39. The first-order valence-corrected chi connectivity index (χ1v) is 7.68. The van der Waals surface area contributed by atoms with E-state index in [4.69, 9.17) is 34.8 Å². The van der Waals surface area contributed by atoms with Crippen molar-refractivity contribution in [3.05, 3.63) is 68.4 Å². The third kappa shape index (κ3) is 4.33. The van der Waals surface area contributed by atoms with Gasteiger partial charge in [0.1, 0.15) is 5.82 Å². The van der Waals surface area contributed by atoms with Crippen molar-refractivity contribution in [3.63, 3.8) is 0 Å². The molecule has 1 N–H and O–H groups in total. The van der Waals surface area contributed by atoms with Crippen LogP contribution in [0.4, 0.5) is 4.39 Å². The Morgan fingerprint density at radius 3 is 2.29 bits per heavy atom. The van der Waals surface area contributed by atoms with E-state index in [1.807, 2.05) is 25.2 Å². The molecule has 0 saturated heterocycles. The van der Waals surface area contributed by atoms with E-state index in [-0.39, 0.29) is 11.9 Å². The van der Waals surface area contributed by atoms with Crippen molar-refractivity contribution in [2.24, 2.45) is 0 Å². The number of rotatable bonds is 5. The smallest absolute Gasteiger partial charge is 0.123 e. The van der Waals surface area contributed by atoms with E-state index < -0.39 is 0 Å². The molecule has 0 aliphatic heterocycles. The van der Waals surface area contributed by atoms with Crippen molar-refractivity contribution in [3.8, 4) is 0 Å². The molecule has 5 heteroatoms. The van der Waals surface area contributed by atoms with Gasteiger partial charge in [0, 0.05) is 21.1 Å². The summed E-state index contributed by atoms with van der Waals surface area (Å²) in [6, 6.07) is 9.87. The fourth-order valence-electron chi connectivity index (χ4n) is 2.22. The fourth-order valence-corrected chi connectivity index (χ4v) is 2.96. The zero-order chi connectivity index (χ0) is 15.4. The molecule has 0 bridgehead atoms.